The molecule has 0 aliphatic carbocycles. The van der Waals surface area contributed by atoms with Crippen LogP contribution in [0.2, 0.25) is 0 Å². The van der Waals surface area contributed by atoms with Crippen LogP contribution >= 0.6 is 0 Å². The van der Waals surface area contributed by atoms with E-state index in [1.165, 1.54) is 0 Å². The van der Waals surface area contributed by atoms with E-state index in [0.717, 1.165) is 0 Å². The van der Waals surface area contributed by atoms with Crippen molar-refractivity contribution in [3.8, 4) is 5.75 Å². The summed E-state index contributed by atoms with van der Waals surface area (Å²) < 4.78 is 0. The van der Waals surface area contributed by atoms with Gasteiger partial charge in [-0.05, 0) is 19.1 Å². The number of para-hydroxylation sites is 1. The maximum Gasteiger partial charge on any atom is 1.00 e. The van der Waals surface area contributed by atoms with Gasteiger partial charge in [-0.1, -0.05) is 18.2 Å². The number of aromatic hydroxyl groups is 1. The number of aliphatic hydroxyl groups is 1. The molecule has 1 rings (SSSR count). The fraction of sp³-hybridized carbons (Fsp3) is 0.250. The van der Waals surface area contributed by atoms with Crippen molar-refractivity contribution >= 4 is 0 Å². The van der Waals surface area contributed by atoms with Crippen LogP contribution in [-0.4, -0.2) is 16.8 Å². The van der Waals surface area contributed by atoms with Gasteiger partial charge in [0.25, 0.3) is 0 Å². The van der Waals surface area contributed by atoms with Gasteiger partial charge in [-0.2, -0.15) is 0 Å². The third-order valence-electron chi connectivity index (χ3n) is 0.756. The van der Waals surface area contributed by atoms with Gasteiger partial charge >= 0.3 is 29.6 Å². The van der Waals surface area contributed by atoms with Gasteiger partial charge < -0.3 is 11.6 Å². The number of hydrogen-bond donors (Lipinski definition) is 2. The summed E-state index contributed by atoms with van der Waals surface area (Å²) in [6.07, 6.45) is 0. The average Bonchev–Trinajstić information content (AvgIpc) is 1.91. The predicted molar refractivity (Wildman–Crippen MR) is 42.0 cm³/mol. The van der Waals surface area contributed by atoms with Crippen LogP contribution in [-0.2, 0) is 0 Å². The van der Waals surface area contributed by atoms with Crippen LogP contribution in [0.1, 0.15) is 8.35 Å². The van der Waals surface area contributed by atoms with E-state index in [0.29, 0.717) is 5.75 Å². The van der Waals surface area contributed by atoms with Gasteiger partial charge in [0.15, 0.2) is 0 Å². The first kappa shape index (κ1) is 13.6. The fourth-order valence-corrected chi connectivity index (χ4v) is 0.428. The van der Waals surface area contributed by atoms with Gasteiger partial charge in [0.1, 0.15) is 5.75 Å². The number of benzene rings is 1. The molecule has 0 aromatic heterocycles. The van der Waals surface area contributed by atoms with Crippen LogP contribution in [0.5, 0.6) is 5.75 Å². The first-order chi connectivity index (χ1) is 4.81. The molecule has 3 heteroatoms. The number of phenolic OH excluding ortho intramolecular Hbond substituents is 1. The minimum Gasteiger partial charge on any atom is -1.00 e. The van der Waals surface area contributed by atoms with Gasteiger partial charge in [-0.15, -0.1) is 0 Å². The molecular weight excluding hydrogens is 151 g/mol. The molecule has 0 heterocycles. The first-order valence-electron chi connectivity index (χ1n) is 3.16. The molecule has 58 valence electrons. The molecule has 0 saturated heterocycles. The Labute approximate surface area is 90.7 Å². The molecule has 11 heavy (non-hydrogen) atoms. The summed E-state index contributed by atoms with van der Waals surface area (Å²) in [5.74, 6) is 0.322. The van der Waals surface area contributed by atoms with Crippen LogP contribution < -0.4 is 29.6 Å². The van der Waals surface area contributed by atoms with Crippen molar-refractivity contribution in [2.45, 2.75) is 6.92 Å². The van der Waals surface area contributed by atoms with Crippen LogP contribution in [0.15, 0.2) is 30.3 Å². The monoisotopic (exact) mass is 164 g/mol. The smallest absolute Gasteiger partial charge is 1.00 e. The molecule has 0 bridgehead atoms. The maximum atomic E-state index is 8.63. The molecule has 0 saturated carbocycles. The number of rotatable bonds is 0. The van der Waals surface area contributed by atoms with Crippen molar-refractivity contribution in [1.82, 2.24) is 0 Å². The second kappa shape index (κ2) is 9.98. The molecule has 0 radical (unpaired) electrons. The molecule has 0 spiro atoms. The quantitative estimate of drug-likeness (QED) is 0.458. The van der Waals surface area contributed by atoms with Gasteiger partial charge in [-0.25, -0.2) is 0 Å². The maximum absolute atomic E-state index is 8.63. The number of phenols is 1. The topological polar surface area (TPSA) is 40.5 Å². The Bertz CT molecular complexity index is 158. The average molecular weight is 164 g/mol. The van der Waals surface area contributed by atoms with E-state index in [9.17, 15) is 0 Å². The van der Waals surface area contributed by atoms with Crippen molar-refractivity contribution in [2.24, 2.45) is 0 Å². The second-order valence-corrected chi connectivity index (χ2v) is 1.65. The van der Waals surface area contributed by atoms with E-state index in [4.69, 9.17) is 10.2 Å². The number of hydrogen-bond acceptors (Lipinski definition) is 2. The SMILES string of the molecule is CCO.Oc1ccccc1.[H-].[Na+]. The van der Waals surface area contributed by atoms with Gasteiger partial charge in [0, 0.05) is 6.61 Å². The van der Waals surface area contributed by atoms with E-state index >= 15 is 0 Å². The van der Waals surface area contributed by atoms with Crippen LogP contribution in [0.4, 0.5) is 0 Å². The molecule has 2 nitrogen and oxygen atoms in total. The molecular formula is C8H13NaO2. The second-order valence-electron chi connectivity index (χ2n) is 1.65. The minimum atomic E-state index is 0. The molecule has 0 aliphatic rings. The van der Waals surface area contributed by atoms with Crippen molar-refractivity contribution in [2.75, 3.05) is 6.61 Å². The van der Waals surface area contributed by atoms with Crippen LogP contribution in [0.25, 0.3) is 0 Å². The summed E-state index contributed by atoms with van der Waals surface area (Å²) in [6, 6.07) is 8.71. The third-order valence-corrected chi connectivity index (χ3v) is 0.756. The molecule has 2 N–H and O–H groups in total. The Kier molecular flexibility index (Phi) is 12.3. The Balaban J connectivity index is -0.000000146. The third kappa shape index (κ3) is 9.98. The summed E-state index contributed by atoms with van der Waals surface area (Å²) in [7, 11) is 0. The van der Waals surface area contributed by atoms with E-state index in [1.54, 1.807) is 31.2 Å². The van der Waals surface area contributed by atoms with E-state index in [-0.39, 0.29) is 37.6 Å². The van der Waals surface area contributed by atoms with Crippen molar-refractivity contribution in [3.63, 3.8) is 0 Å². The van der Waals surface area contributed by atoms with Crippen LogP contribution in [0, 0.1) is 0 Å². The zero-order chi connectivity index (χ0) is 7.82. The molecule has 0 aliphatic heterocycles. The zero-order valence-electron chi connectivity index (χ0n) is 7.99. The Hall–Kier alpha value is -0.0200. The summed E-state index contributed by atoms with van der Waals surface area (Å²) >= 11 is 0. The fourth-order valence-electron chi connectivity index (χ4n) is 0.428. The Morgan fingerprint density at radius 2 is 1.64 bits per heavy atom. The molecule has 0 fully saturated rings. The number of aliphatic hydroxyl groups excluding tert-OH is 1. The van der Waals surface area contributed by atoms with Gasteiger partial charge in [0.2, 0.25) is 0 Å². The normalized spacial score (nSPS) is 7.09. The van der Waals surface area contributed by atoms with Crippen molar-refractivity contribution < 1.29 is 41.2 Å². The largest absolute Gasteiger partial charge is 1.00 e. The van der Waals surface area contributed by atoms with Crippen molar-refractivity contribution in [3.05, 3.63) is 30.3 Å². The summed E-state index contributed by atoms with van der Waals surface area (Å²) in [6.45, 7) is 1.93. The summed E-state index contributed by atoms with van der Waals surface area (Å²) in [5.41, 5.74) is 0. The van der Waals surface area contributed by atoms with Crippen LogP contribution in [0.3, 0.4) is 0 Å². The zero-order valence-corrected chi connectivity index (χ0v) is 8.99. The van der Waals surface area contributed by atoms with E-state index < -0.39 is 0 Å². The standard InChI is InChI=1S/C6H6O.C2H6O.Na.H/c7-6-4-2-1-3-5-6;1-2-3;;/h1-5,7H;3H,2H2,1H3;;/q;;+1;-1. The Morgan fingerprint density at radius 1 is 1.27 bits per heavy atom. The molecule has 1 aromatic rings. The van der Waals surface area contributed by atoms with Gasteiger partial charge in [-0.3, -0.25) is 0 Å². The predicted octanol–water partition coefficient (Wildman–Crippen LogP) is -1.49. The van der Waals surface area contributed by atoms with E-state index in [2.05, 4.69) is 0 Å². The summed E-state index contributed by atoms with van der Waals surface area (Å²) in [4.78, 5) is 0. The minimum absolute atomic E-state index is 0. The summed E-state index contributed by atoms with van der Waals surface area (Å²) in [5, 5.41) is 16.2. The molecule has 1 aromatic carbocycles. The Morgan fingerprint density at radius 3 is 1.82 bits per heavy atom. The van der Waals surface area contributed by atoms with Gasteiger partial charge in [0.05, 0.1) is 0 Å². The molecule has 0 atom stereocenters. The molecule has 0 amide bonds. The first-order valence-corrected chi connectivity index (χ1v) is 3.16. The van der Waals surface area contributed by atoms with Crippen molar-refractivity contribution in [1.29, 1.82) is 0 Å². The molecule has 0 unspecified atom stereocenters. The van der Waals surface area contributed by atoms with E-state index in [1.807, 2.05) is 6.07 Å².